The van der Waals surface area contributed by atoms with Crippen LogP contribution in [0.2, 0.25) is 12.6 Å². The van der Waals surface area contributed by atoms with Crippen LogP contribution in [0.3, 0.4) is 0 Å². The van der Waals surface area contributed by atoms with Crippen LogP contribution in [0.5, 0.6) is 0 Å². The van der Waals surface area contributed by atoms with Crippen molar-refractivity contribution < 1.29 is 0 Å². The van der Waals surface area contributed by atoms with Crippen molar-refractivity contribution in [2.75, 3.05) is 28.2 Å². The van der Waals surface area contributed by atoms with Crippen LogP contribution in [0.1, 0.15) is 32.6 Å². The van der Waals surface area contributed by atoms with Crippen molar-refractivity contribution in [2.24, 2.45) is 0 Å². The van der Waals surface area contributed by atoms with Crippen molar-refractivity contribution in [1.29, 1.82) is 0 Å². The van der Waals surface area contributed by atoms with Crippen LogP contribution in [-0.4, -0.2) is 45.7 Å². The highest BCUT2D eigenvalue weighted by Crippen LogP contribution is 2.19. The van der Waals surface area contributed by atoms with Crippen LogP contribution < -0.4 is 0 Å². The van der Waals surface area contributed by atoms with Crippen LogP contribution in [0.4, 0.5) is 0 Å². The fourth-order valence-electron chi connectivity index (χ4n) is 1.73. The first-order chi connectivity index (χ1) is 6.45. The van der Waals surface area contributed by atoms with E-state index in [1.807, 2.05) is 0 Å². The minimum absolute atomic E-state index is 1.29. The second kappa shape index (κ2) is 6.59. The molecule has 0 N–H and O–H groups in total. The Morgan fingerprint density at radius 2 is 1.36 bits per heavy atom. The molecule has 0 atom stereocenters. The second-order valence-electron chi connectivity index (χ2n) is 4.82. The maximum Gasteiger partial charge on any atom is 0.202 e. The smallest absolute Gasteiger partial charge is 0.202 e. The van der Waals surface area contributed by atoms with E-state index in [0.29, 0.717) is 0 Å². The van der Waals surface area contributed by atoms with Crippen LogP contribution in [0.25, 0.3) is 0 Å². The average Bonchev–Trinajstić information content (AvgIpc) is 2.11. The number of nitrogens with zero attached hydrogens (tertiary/aromatic N) is 2. The molecule has 0 aliphatic carbocycles. The summed E-state index contributed by atoms with van der Waals surface area (Å²) < 4.78 is 4.91. The van der Waals surface area contributed by atoms with Crippen LogP contribution >= 0.6 is 0 Å². The van der Waals surface area contributed by atoms with Gasteiger partial charge in [0.15, 0.2) is 0 Å². The topological polar surface area (TPSA) is 6.48 Å². The molecule has 2 nitrogen and oxygen atoms in total. The van der Waals surface area contributed by atoms with Crippen molar-refractivity contribution in [3.63, 3.8) is 0 Å². The maximum atomic E-state index is 2.46. The predicted molar refractivity (Wildman–Crippen MR) is 67.9 cm³/mol. The summed E-state index contributed by atoms with van der Waals surface area (Å²) >= 11 is 0. The van der Waals surface area contributed by atoms with E-state index in [0.717, 1.165) is 0 Å². The highest BCUT2D eigenvalue weighted by atomic mass is 28.3. The van der Waals surface area contributed by atoms with Gasteiger partial charge in [0, 0.05) is 0 Å². The summed E-state index contributed by atoms with van der Waals surface area (Å²) in [4.78, 5) is 0. The molecule has 86 valence electrons. The molecule has 0 aromatic heterocycles. The Balaban J connectivity index is 3.98. The lowest BCUT2D eigenvalue weighted by Gasteiger charge is -2.39. The Labute approximate surface area is 91.4 Å². The Kier molecular flexibility index (Phi) is 6.65. The van der Waals surface area contributed by atoms with Gasteiger partial charge in [-0.15, -0.1) is 0 Å². The summed E-state index contributed by atoms with van der Waals surface area (Å²) in [7, 11) is 7.63. The van der Waals surface area contributed by atoms with E-state index in [1.54, 1.807) is 0 Å². The van der Waals surface area contributed by atoms with E-state index < -0.39 is 8.40 Å². The Bertz CT molecular complexity index is 138. The molecule has 14 heavy (non-hydrogen) atoms. The lowest BCUT2D eigenvalue weighted by atomic mass is 10.2. The Morgan fingerprint density at radius 3 is 1.71 bits per heavy atom. The molecule has 0 aromatic rings. The molecule has 0 saturated heterocycles. The SMILES string of the molecule is CCCCCC[Si](C)(N(C)C)N(C)C. The van der Waals surface area contributed by atoms with Gasteiger partial charge in [-0.1, -0.05) is 32.6 Å². The van der Waals surface area contributed by atoms with Gasteiger partial charge in [0.1, 0.15) is 0 Å². The van der Waals surface area contributed by atoms with Gasteiger partial charge in [0.05, 0.1) is 0 Å². The average molecular weight is 216 g/mol. The van der Waals surface area contributed by atoms with E-state index in [2.05, 4.69) is 50.8 Å². The molecule has 0 aliphatic heterocycles. The summed E-state index contributed by atoms with van der Waals surface area (Å²) in [6.45, 7) is 4.73. The van der Waals surface area contributed by atoms with E-state index >= 15 is 0 Å². The molecule has 0 unspecified atom stereocenters. The quantitative estimate of drug-likeness (QED) is 0.477. The minimum atomic E-state index is -1.29. The zero-order valence-electron chi connectivity index (χ0n) is 10.9. The van der Waals surface area contributed by atoms with Gasteiger partial charge in [0.25, 0.3) is 0 Å². The lowest BCUT2D eigenvalue weighted by Crippen LogP contribution is -2.58. The van der Waals surface area contributed by atoms with Gasteiger partial charge >= 0.3 is 0 Å². The third kappa shape index (κ3) is 4.11. The summed E-state index contributed by atoms with van der Waals surface area (Å²) in [5, 5.41) is 0. The molecule has 0 amide bonds. The molecule has 0 rings (SSSR count). The molecule has 0 saturated carbocycles. The maximum absolute atomic E-state index is 2.46. The van der Waals surface area contributed by atoms with Gasteiger partial charge in [-0.05, 0) is 40.8 Å². The predicted octanol–water partition coefficient (Wildman–Crippen LogP) is 2.76. The molecule has 0 aromatic carbocycles. The summed E-state index contributed by atoms with van der Waals surface area (Å²) in [5.74, 6) is 0. The van der Waals surface area contributed by atoms with E-state index in [4.69, 9.17) is 0 Å². The molecule has 0 bridgehead atoms. The largest absolute Gasteiger partial charge is 0.317 e. The van der Waals surface area contributed by atoms with Gasteiger partial charge in [0.2, 0.25) is 8.40 Å². The van der Waals surface area contributed by atoms with Crippen molar-refractivity contribution in [2.45, 2.75) is 45.2 Å². The number of hydrogen-bond donors (Lipinski definition) is 0. The van der Waals surface area contributed by atoms with Crippen molar-refractivity contribution in [1.82, 2.24) is 9.13 Å². The summed E-state index contributed by atoms with van der Waals surface area (Å²) in [6.07, 6.45) is 5.53. The minimum Gasteiger partial charge on any atom is -0.317 e. The highest BCUT2D eigenvalue weighted by molar-refractivity contribution is 6.72. The van der Waals surface area contributed by atoms with Crippen LogP contribution in [0.15, 0.2) is 0 Å². The van der Waals surface area contributed by atoms with Crippen LogP contribution in [-0.2, 0) is 0 Å². The molecule has 0 heterocycles. The first-order valence-electron chi connectivity index (χ1n) is 5.80. The first kappa shape index (κ1) is 14.1. The fourth-order valence-corrected chi connectivity index (χ4v) is 4.35. The molecule has 3 heteroatoms. The molecule has 0 spiro atoms. The Morgan fingerprint density at radius 1 is 0.857 bits per heavy atom. The molecular weight excluding hydrogens is 188 g/mol. The molecule has 0 radical (unpaired) electrons. The van der Waals surface area contributed by atoms with Gasteiger partial charge in [-0.2, -0.15) is 0 Å². The third-order valence-electron chi connectivity index (χ3n) is 3.43. The van der Waals surface area contributed by atoms with E-state index in [9.17, 15) is 0 Å². The zero-order chi connectivity index (χ0) is 11.2. The van der Waals surface area contributed by atoms with Crippen molar-refractivity contribution in [3.8, 4) is 0 Å². The van der Waals surface area contributed by atoms with E-state index in [1.165, 1.54) is 31.7 Å². The number of hydrogen-bond acceptors (Lipinski definition) is 2. The second-order valence-corrected chi connectivity index (χ2v) is 9.54. The standard InChI is InChI=1S/C11H28N2Si/c1-7-8-9-10-11-14(6,12(2)3)13(4)5/h7-11H2,1-6H3. The van der Waals surface area contributed by atoms with E-state index in [-0.39, 0.29) is 0 Å². The monoisotopic (exact) mass is 216 g/mol. The van der Waals surface area contributed by atoms with Crippen molar-refractivity contribution in [3.05, 3.63) is 0 Å². The number of rotatable bonds is 7. The van der Waals surface area contributed by atoms with Gasteiger partial charge in [-0.3, -0.25) is 0 Å². The Hall–Kier alpha value is 0.137. The first-order valence-corrected chi connectivity index (χ1v) is 8.40. The zero-order valence-corrected chi connectivity index (χ0v) is 11.9. The lowest BCUT2D eigenvalue weighted by molar-refractivity contribution is 0.477. The fraction of sp³-hybridized carbons (Fsp3) is 1.00. The molecule has 0 fully saturated rings. The molecule has 0 aliphatic rings. The van der Waals surface area contributed by atoms with Gasteiger partial charge < -0.3 is 9.13 Å². The van der Waals surface area contributed by atoms with Crippen molar-refractivity contribution >= 4 is 8.40 Å². The molecular formula is C11H28N2Si. The highest BCUT2D eigenvalue weighted by Gasteiger charge is 2.32. The number of unbranched alkanes of at least 4 members (excludes halogenated alkanes) is 3. The third-order valence-corrected chi connectivity index (χ3v) is 8.59. The normalized spacial score (nSPS) is 12.9. The summed E-state index contributed by atoms with van der Waals surface area (Å²) in [5.41, 5.74) is 0. The van der Waals surface area contributed by atoms with Crippen LogP contribution in [0, 0.1) is 0 Å². The summed E-state index contributed by atoms with van der Waals surface area (Å²) in [6, 6.07) is 1.40. The van der Waals surface area contributed by atoms with Gasteiger partial charge in [-0.25, -0.2) is 0 Å².